The van der Waals surface area contributed by atoms with Crippen LogP contribution in [0.15, 0.2) is 279 Å². The first-order chi connectivity index (χ1) is 35.2. The largest absolute Gasteiger partial charge is 0.309 e. The van der Waals surface area contributed by atoms with Gasteiger partial charge in [0.05, 0.1) is 33.5 Å². The van der Waals surface area contributed by atoms with Crippen molar-refractivity contribution >= 4 is 60.4 Å². The summed E-state index contributed by atoms with van der Waals surface area (Å²) in [6.45, 7) is 0. The molecule has 332 valence electrons. The van der Waals surface area contributed by atoms with Gasteiger partial charge >= 0.3 is 0 Å². The maximum absolute atomic E-state index is 2.54. The monoisotopic (exact) mass is 902 g/mol. The lowest BCUT2D eigenvalue weighted by molar-refractivity contribution is 0.762. The van der Waals surface area contributed by atoms with Crippen molar-refractivity contribution in [3.63, 3.8) is 0 Å². The molecular formula is C69H46N2. The average Bonchev–Trinajstić information content (AvgIpc) is 3.94. The fourth-order valence-electron chi connectivity index (χ4n) is 12.0. The molecule has 1 aromatic heterocycles. The lowest BCUT2D eigenvalue weighted by Crippen LogP contribution is -2.29. The highest BCUT2D eigenvalue weighted by atomic mass is 15.1. The topological polar surface area (TPSA) is 8.17 Å². The quantitative estimate of drug-likeness (QED) is 0.147. The molecule has 0 aliphatic heterocycles. The Morgan fingerprint density at radius 3 is 1.68 bits per heavy atom. The SMILES string of the molecule is c1ccc(C2(c3ccccc3)c3ccccc3-c3cccc(-n4c5ccccc5c5ccc(-c6ccc(-c7ccccc7N(c7ccc8ccccc8c7)c7cccc8ccccc78)cc6)cc54)c32)cc1. The van der Waals surface area contributed by atoms with Gasteiger partial charge in [-0.15, -0.1) is 0 Å². The molecule has 0 N–H and O–H groups in total. The van der Waals surface area contributed by atoms with Gasteiger partial charge in [-0.25, -0.2) is 0 Å². The van der Waals surface area contributed by atoms with Crippen LogP contribution in [0.2, 0.25) is 0 Å². The molecule has 13 aromatic rings. The summed E-state index contributed by atoms with van der Waals surface area (Å²) in [6.07, 6.45) is 0. The summed E-state index contributed by atoms with van der Waals surface area (Å²) in [7, 11) is 0. The number of nitrogens with zero attached hydrogens (tertiary/aromatic N) is 2. The molecule has 0 bridgehead atoms. The van der Waals surface area contributed by atoms with E-state index in [1.54, 1.807) is 0 Å². The van der Waals surface area contributed by atoms with E-state index in [1.807, 2.05) is 0 Å². The summed E-state index contributed by atoms with van der Waals surface area (Å²) in [5.74, 6) is 0. The van der Waals surface area contributed by atoms with Gasteiger partial charge in [-0.2, -0.15) is 0 Å². The number of hydrogen-bond acceptors (Lipinski definition) is 1. The Morgan fingerprint density at radius 1 is 0.310 bits per heavy atom. The van der Waals surface area contributed by atoms with E-state index in [4.69, 9.17) is 0 Å². The smallest absolute Gasteiger partial charge is 0.0734 e. The minimum atomic E-state index is -0.552. The van der Waals surface area contributed by atoms with Crippen LogP contribution in [0.25, 0.3) is 82.4 Å². The summed E-state index contributed by atoms with van der Waals surface area (Å²) in [4.78, 5) is 2.44. The third-order valence-electron chi connectivity index (χ3n) is 15.0. The van der Waals surface area contributed by atoms with Gasteiger partial charge in [0, 0.05) is 33.0 Å². The van der Waals surface area contributed by atoms with Crippen molar-refractivity contribution in [3.8, 4) is 39.1 Å². The van der Waals surface area contributed by atoms with Crippen LogP contribution in [0.4, 0.5) is 17.1 Å². The van der Waals surface area contributed by atoms with Gasteiger partial charge in [0.15, 0.2) is 0 Å². The van der Waals surface area contributed by atoms with Gasteiger partial charge in [-0.1, -0.05) is 237 Å². The van der Waals surface area contributed by atoms with Crippen molar-refractivity contribution in [3.05, 3.63) is 301 Å². The van der Waals surface area contributed by atoms with Crippen LogP contribution in [0.3, 0.4) is 0 Å². The number of rotatable bonds is 8. The first-order valence-corrected chi connectivity index (χ1v) is 24.6. The van der Waals surface area contributed by atoms with Crippen molar-refractivity contribution in [2.24, 2.45) is 0 Å². The van der Waals surface area contributed by atoms with Crippen LogP contribution in [0.1, 0.15) is 22.3 Å². The second-order valence-electron chi connectivity index (χ2n) is 18.8. The fraction of sp³-hybridized carbons (Fsp3) is 0.0145. The molecule has 0 saturated heterocycles. The summed E-state index contributed by atoms with van der Waals surface area (Å²) in [5.41, 5.74) is 18.7. The van der Waals surface area contributed by atoms with Gasteiger partial charge in [-0.3, -0.25) is 0 Å². The number of benzene rings is 12. The average molecular weight is 903 g/mol. The molecule has 2 heteroatoms. The first-order valence-electron chi connectivity index (χ1n) is 24.6. The van der Waals surface area contributed by atoms with E-state index >= 15 is 0 Å². The number of hydrogen-bond donors (Lipinski definition) is 0. The zero-order chi connectivity index (χ0) is 46.9. The minimum Gasteiger partial charge on any atom is -0.309 e. The second-order valence-corrected chi connectivity index (χ2v) is 18.8. The highest BCUT2D eigenvalue weighted by molar-refractivity contribution is 6.11. The standard InChI is InChI=1S/C69H46N2/c1-3-23-53(24-4-1)69(54-25-5-2-6-26-54)62-32-14-11-29-58(62)61-31-18-36-66(68(61)69)71-65-34-16-13-30-59(65)60-44-42-52(46-67(60)71)48-37-39-50(40-38-48)57-28-12-15-33-63(57)70(55-43-41-47-19-7-8-21-51(47)45-55)64-35-17-22-49-20-9-10-27-56(49)64/h1-46H. The third kappa shape index (κ3) is 6.35. The van der Waals surface area contributed by atoms with E-state index in [0.29, 0.717) is 0 Å². The van der Waals surface area contributed by atoms with Gasteiger partial charge in [-0.05, 0) is 103 Å². The molecule has 0 spiro atoms. The van der Waals surface area contributed by atoms with Crippen LogP contribution >= 0.6 is 0 Å². The number of para-hydroxylation sites is 2. The van der Waals surface area contributed by atoms with Crippen molar-refractivity contribution in [1.82, 2.24) is 4.57 Å². The van der Waals surface area contributed by atoms with Crippen LogP contribution in [0, 0.1) is 0 Å². The second kappa shape index (κ2) is 16.5. The van der Waals surface area contributed by atoms with Crippen LogP contribution in [-0.2, 0) is 5.41 Å². The van der Waals surface area contributed by atoms with E-state index in [9.17, 15) is 0 Å². The Kier molecular flexibility index (Phi) is 9.47. The molecule has 1 aliphatic rings. The molecule has 0 amide bonds. The highest BCUT2D eigenvalue weighted by Crippen LogP contribution is 2.58. The van der Waals surface area contributed by atoms with E-state index in [1.165, 1.54) is 93.5 Å². The molecular weight excluding hydrogens is 857 g/mol. The van der Waals surface area contributed by atoms with Crippen molar-refractivity contribution < 1.29 is 0 Å². The summed E-state index contributed by atoms with van der Waals surface area (Å²) >= 11 is 0. The van der Waals surface area contributed by atoms with Gasteiger partial charge in [0.1, 0.15) is 0 Å². The van der Waals surface area contributed by atoms with Gasteiger partial charge in [0.2, 0.25) is 0 Å². The Hall–Kier alpha value is -9.24. The third-order valence-corrected chi connectivity index (χ3v) is 15.0. The minimum absolute atomic E-state index is 0.552. The van der Waals surface area contributed by atoms with Gasteiger partial charge < -0.3 is 9.47 Å². The molecule has 0 radical (unpaired) electrons. The maximum Gasteiger partial charge on any atom is 0.0734 e. The number of anilines is 3. The molecule has 2 nitrogen and oxygen atoms in total. The molecule has 12 aromatic carbocycles. The van der Waals surface area contributed by atoms with Crippen molar-refractivity contribution in [2.75, 3.05) is 4.90 Å². The van der Waals surface area contributed by atoms with Gasteiger partial charge in [0.25, 0.3) is 0 Å². The Balaban J connectivity index is 0.930. The highest BCUT2D eigenvalue weighted by Gasteiger charge is 2.48. The summed E-state index contributed by atoms with van der Waals surface area (Å²) in [5, 5.41) is 7.32. The molecule has 1 heterocycles. The predicted molar refractivity (Wildman–Crippen MR) is 299 cm³/mol. The van der Waals surface area contributed by atoms with Crippen LogP contribution < -0.4 is 4.90 Å². The van der Waals surface area contributed by atoms with Crippen LogP contribution in [0.5, 0.6) is 0 Å². The van der Waals surface area contributed by atoms with E-state index in [-0.39, 0.29) is 0 Å². The van der Waals surface area contributed by atoms with E-state index in [2.05, 4.69) is 289 Å². The molecule has 1 aliphatic carbocycles. The lowest BCUT2D eigenvalue weighted by Gasteiger charge is -2.35. The number of aromatic nitrogens is 1. The summed E-state index contributed by atoms with van der Waals surface area (Å²) < 4.78 is 2.54. The molecule has 71 heavy (non-hydrogen) atoms. The first kappa shape index (κ1) is 40.8. The Morgan fingerprint density at radius 2 is 0.873 bits per heavy atom. The molecule has 0 fully saturated rings. The maximum atomic E-state index is 2.54. The number of fused-ring (bicyclic) bond motifs is 8. The summed E-state index contributed by atoms with van der Waals surface area (Å²) in [6, 6.07) is 103. The molecule has 0 saturated carbocycles. The zero-order valence-electron chi connectivity index (χ0n) is 39.0. The Bertz CT molecular complexity index is 4120. The molecule has 0 unspecified atom stereocenters. The Labute approximate surface area is 413 Å². The molecule has 0 atom stereocenters. The normalized spacial score (nSPS) is 12.6. The van der Waals surface area contributed by atoms with Crippen molar-refractivity contribution in [2.45, 2.75) is 5.41 Å². The van der Waals surface area contributed by atoms with Crippen molar-refractivity contribution in [1.29, 1.82) is 0 Å². The van der Waals surface area contributed by atoms with E-state index < -0.39 is 5.41 Å². The lowest BCUT2D eigenvalue weighted by atomic mass is 9.67. The predicted octanol–water partition coefficient (Wildman–Crippen LogP) is 18.3. The molecule has 14 rings (SSSR count). The zero-order valence-corrected chi connectivity index (χ0v) is 39.0. The van der Waals surface area contributed by atoms with E-state index in [0.717, 1.165) is 28.2 Å². The van der Waals surface area contributed by atoms with Crippen LogP contribution in [-0.4, -0.2) is 4.57 Å². The fourth-order valence-corrected chi connectivity index (χ4v) is 12.0.